The summed E-state index contributed by atoms with van der Waals surface area (Å²) in [6, 6.07) is 1.39. The molecule has 2 heterocycles. The molecule has 2 aromatic heterocycles. The van der Waals surface area contributed by atoms with Crippen LogP contribution < -0.4 is 0 Å². The molecule has 15 heavy (non-hydrogen) atoms. The van der Waals surface area contributed by atoms with Crippen LogP contribution in [0.15, 0.2) is 24.7 Å². The van der Waals surface area contributed by atoms with E-state index < -0.39 is 12.1 Å². The molecule has 0 fully saturated rings. The molecule has 0 atom stereocenters. The maximum absolute atomic E-state index is 11.2. The van der Waals surface area contributed by atoms with Crippen molar-refractivity contribution in [2.24, 2.45) is 0 Å². The van der Waals surface area contributed by atoms with Crippen molar-refractivity contribution in [2.45, 2.75) is 0 Å². The highest BCUT2D eigenvalue weighted by molar-refractivity contribution is 5.95. The smallest absolute Gasteiger partial charge is 0.370 e. The zero-order valence-corrected chi connectivity index (χ0v) is 7.32. The molecule has 0 saturated carbocycles. The highest BCUT2D eigenvalue weighted by Gasteiger charge is 2.16. The van der Waals surface area contributed by atoms with Crippen molar-refractivity contribution in [1.29, 1.82) is 0 Å². The normalized spacial score (nSPS) is 9.87. The van der Waals surface area contributed by atoms with Gasteiger partial charge in [0.05, 0.1) is 12.4 Å². The second kappa shape index (κ2) is 3.70. The van der Waals surface area contributed by atoms with Crippen LogP contribution in [0.1, 0.15) is 10.5 Å². The molecule has 2 aromatic rings. The predicted octanol–water partition coefficient (Wildman–Crippen LogP) is -0.174. The van der Waals surface area contributed by atoms with Crippen molar-refractivity contribution in [3.05, 3.63) is 30.4 Å². The van der Waals surface area contributed by atoms with E-state index in [-0.39, 0.29) is 5.69 Å². The van der Waals surface area contributed by atoms with Crippen molar-refractivity contribution in [3.63, 3.8) is 0 Å². The number of esters is 1. The van der Waals surface area contributed by atoms with Crippen molar-refractivity contribution >= 4 is 12.1 Å². The fourth-order valence-electron chi connectivity index (χ4n) is 0.858. The van der Waals surface area contributed by atoms with Crippen molar-refractivity contribution < 1.29 is 14.3 Å². The van der Waals surface area contributed by atoms with Crippen molar-refractivity contribution in [2.75, 3.05) is 0 Å². The summed E-state index contributed by atoms with van der Waals surface area (Å²) in [4.78, 5) is 22.4. The van der Waals surface area contributed by atoms with E-state index >= 15 is 0 Å². The second-order valence-electron chi connectivity index (χ2n) is 2.46. The van der Waals surface area contributed by atoms with Crippen molar-refractivity contribution in [1.82, 2.24) is 25.2 Å². The molecular formula is C7H5N5O3. The highest BCUT2D eigenvalue weighted by Crippen LogP contribution is 1.97. The molecule has 0 aliphatic carbocycles. The minimum Gasteiger partial charge on any atom is -0.370 e. The zero-order valence-electron chi connectivity index (χ0n) is 7.32. The molecular weight excluding hydrogens is 202 g/mol. The lowest BCUT2D eigenvalue weighted by Crippen LogP contribution is -2.19. The third-order valence-electron chi connectivity index (χ3n) is 1.50. The van der Waals surface area contributed by atoms with E-state index in [1.54, 1.807) is 0 Å². The minimum absolute atomic E-state index is 0.0171. The molecule has 0 unspecified atom stereocenters. The number of hydrogen-bond donors (Lipinski definition) is 1. The van der Waals surface area contributed by atoms with Crippen LogP contribution >= 0.6 is 0 Å². The topological polar surface area (TPSA) is 103 Å². The molecule has 76 valence electrons. The van der Waals surface area contributed by atoms with Gasteiger partial charge in [-0.05, 0) is 6.07 Å². The van der Waals surface area contributed by atoms with E-state index in [9.17, 15) is 9.59 Å². The second-order valence-corrected chi connectivity index (χ2v) is 2.46. The van der Waals surface area contributed by atoms with Gasteiger partial charge in [0.1, 0.15) is 0 Å². The van der Waals surface area contributed by atoms with Gasteiger partial charge in [-0.15, -0.1) is 5.10 Å². The Balaban J connectivity index is 2.04. The van der Waals surface area contributed by atoms with Crippen LogP contribution in [0.25, 0.3) is 0 Å². The molecule has 0 saturated heterocycles. The highest BCUT2D eigenvalue weighted by atomic mass is 16.6. The first-order chi connectivity index (χ1) is 7.27. The van der Waals surface area contributed by atoms with Crippen LogP contribution in [0.3, 0.4) is 0 Å². The van der Waals surface area contributed by atoms with Gasteiger partial charge in [0.25, 0.3) is 0 Å². The average molecular weight is 207 g/mol. The van der Waals surface area contributed by atoms with Gasteiger partial charge < -0.3 is 4.74 Å². The lowest BCUT2D eigenvalue weighted by atomic mass is 10.4. The Morgan fingerprint density at radius 1 is 1.47 bits per heavy atom. The van der Waals surface area contributed by atoms with Gasteiger partial charge in [0.2, 0.25) is 0 Å². The largest absolute Gasteiger partial charge is 0.444 e. The summed E-state index contributed by atoms with van der Waals surface area (Å²) in [6.07, 6.45) is 3.07. The summed E-state index contributed by atoms with van der Waals surface area (Å²) in [5.41, 5.74) is 0.0171. The number of H-pyrrole nitrogens is 1. The lowest BCUT2D eigenvalue weighted by molar-refractivity contribution is 0.0612. The minimum atomic E-state index is -0.930. The van der Waals surface area contributed by atoms with Gasteiger partial charge in [-0.3, -0.25) is 5.10 Å². The first-order valence-electron chi connectivity index (χ1n) is 3.90. The molecule has 0 bridgehead atoms. The summed E-state index contributed by atoms with van der Waals surface area (Å²) >= 11 is 0. The van der Waals surface area contributed by atoms with Crippen LogP contribution in [0, 0.1) is 0 Å². The Hall–Kier alpha value is -2.51. The third-order valence-corrected chi connectivity index (χ3v) is 1.50. The first kappa shape index (κ1) is 9.06. The molecule has 8 nitrogen and oxygen atoms in total. The van der Waals surface area contributed by atoms with E-state index in [1.807, 2.05) is 0 Å². The lowest BCUT2D eigenvalue weighted by Gasteiger charge is -1.98. The molecule has 0 spiro atoms. The van der Waals surface area contributed by atoms with Gasteiger partial charge in [-0.25, -0.2) is 9.59 Å². The summed E-state index contributed by atoms with van der Waals surface area (Å²) in [7, 11) is 0. The Kier molecular flexibility index (Phi) is 2.23. The maximum Gasteiger partial charge on any atom is 0.444 e. The summed E-state index contributed by atoms with van der Waals surface area (Å²) in [5.74, 6) is -0.850. The number of nitrogens with zero attached hydrogens (tertiary/aromatic N) is 4. The predicted molar refractivity (Wildman–Crippen MR) is 44.8 cm³/mol. The van der Waals surface area contributed by atoms with E-state index in [0.717, 1.165) is 4.68 Å². The van der Waals surface area contributed by atoms with E-state index in [4.69, 9.17) is 0 Å². The molecule has 0 aliphatic heterocycles. The summed E-state index contributed by atoms with van der Waals surface area (Å²) < 4.78 is 5.24. The number of aromatic amines is 1. The monoisotopic (exact) mass is 207 g/mol. The standard InChI is InChI=1S/C7H5N5O3/c13-6(5-1-2-8-10-5)15-7(14)12-4-3-9-11-12/h1-4H,(H,8,10). The Morgan fingerprint density at radius 2 is 2.33 bits per heavy atom. The summed E-state index contributed by atoms with van der Waals surface area (Å²) in [6.45, 7) is 0. The third kappa shape index (κ3) is 1.88. The Labute approximate surface area is 82.8 Å². The van der Waals surface area contributed by atoms with Gasteiger partial charge in [0, 0.05) is 6.20 Å². The van der Waals surface area contributed by atoms with Gasteiger partial charge in [0.15, 0.2) is 5.69 Å². The first-order valence-corrected chi connectivity index (χ1v) is 3.90. The molecule has 0 radical (unpaired) electrons. The quantitative estimate of drug-likeness (QED) is 0.514. The number of nitrogens with one attached hydrogen (secondary N) is 1. The Morgan fingerprint density at radius 3 is 2.93 bits per heavy atom. The molecule has 0 aliphatic rings. The average Bonchev–Trinajstić information content (AvgIpc) is 2.91. The molecule has 1 N–H and O–H groups in total. The van der Waals surface area contributed by atoms with Crippen molar-refractivity contribution in [3.8, 4) is 0 Å². The van der Waals surface area contributed by atoms with E-state index in [1.165, 1.54) is 24.7 Å². The number of aromatic nitrogens is 5. The number of hydrogen-bond acceptors (Lipinski definition) is 6. The number of ether oxygens (including phenoxy) is 1. The summed E-state index contributed by atoms with van der Waals surface area (Å²) in [5, 5.41) is 12.7. The van der Waals surface area contributed by atoms with Crippen LogP contribution in [-0.4, -0.2) is 37.3 Å². The Bertz CT molecular complexity index is 417. The molecule has 8 heteroatoms. The fourth-order valence-corrected chi connectivity index (χ4v) is 0.858. The van der Waals surface area contributed by atoms with Gasteiger partial charge in [-0.2, -0.15) is 9.78 Å². The number of rotatable bonds is 1. The zero-order chi connectivity index (χ0) is 10.7. The van der Waals surface area contributed by atoms with Crippen LogP contribution in [0.4, 0.5) is 4.79 Å². The van der Waals surface area contributed by atoms with Crippen LogP contribution in [0.2, 0.25) is 0 Å². The molecule has 2 rings (SSSR count). The SMILES string of the molecule is O=C(OC(=O)n1ccnn1)c1cc[nH]n1. The van der Waals surface area contributed by atoms with E-state index in [2.05, 4.69) is 25.2 Å². The number of carbonyl (C=O) groups is 2. The van der Waals surface area contributed by atoms with Crippen LogP contribution in [-0.2, 0) is 4.74 Å². The van der Waals surface area contributed by atoms with Crippen LogP contribution in [0.5, 0.6) is 0 Å². The number of carbonyl (C=O) groups excluding carboxylic acids is 2. The van der Waals surface area contributed by atoms with Gasteiger partial charge >= 0.3 is 12.1 Å². The fraction of sp³-hybridized carbons (Fsp3) is 0. The maximum atomic E-state index is 11.2. The van der Waals surface area contributed by atoms with Gasteiger partial charge in [-0.1, -0.05) is 5.21 Å². The molecule has 0 aromatic carbocycles. The van der Waals surface area contributed by atoms with E-state index in [0.29, 0.717) is 0 Å². The molecule has 0 amide bonds.